The van der Waals surface area contributed by atoms with E-state index in [-0.39, 0.29) is 6.61 Å². The second kappa shape index (κ2) is 6.50. The molecule has 1 unspecified atom stereocenters. The van der Waals surface area contributed by atoms with Crippen molar-refractivity contribution >= 4 is 17.9 Å². The average molecular weight is 368 g/mol. The summed E-state index contributed by atoms with van der Waals surface area (Å²) >= 11 is 0. The van der Waals surface area contributed by atoms with Crippen LogP contribution in [0.3, 0.4) is 0 Å². The van der Waals surface area contributed by atoms with E-state index in [2.05, 4.69) is 5.32 Å². The SMILES string of the molecule is O=C(CN1C(=O)NC2(CCc3ccccc32)C1=O)OCc1cccc(F)c1. The fourth-order valence-corrected chi connectivity index (χ4v) is 3.70. The number of hydrogen-bond donors (Lipinski definition) is 1. The number of carbonyl (C=O) groups excluding carboxylic acids is 3. The van der Waals surface area contributed by atoms with Gasteiger partial charge in [-0.2, -0.15) is 0 Å². The minimum atomic E-state index is -1.10. The van der Waals surface area contributed by atoms with Gasteiger partial charge in [0.25, 0.3) is 5.91 Å². The van der Waals surface area contributed by atoms with Crippen molar-refractivity contribution in [2.45, 2.75) is 25.0 Å². The Bertz CT molecular complexity index is 945. The van der Waals surface area contributed by atoms with Gasteiger partial charge in [0.2, 0.25) is 0 Å². The van der Waals surface area contributed by atoms with Gasteiger partial charge in [0.1, 0.15) is 24.5 Å². The Labute approximate surface area is 154 Å². The molecule has 0 bridgehead atoms. The number of nitrogens with zero attached hydrogens (tertiary/aromatic N) is 1. The molecule has 1 saturated heterocycles. The maximum Gasteiger partial charge on any atom is 0.326 e. The van der Waals surface area contributed by atoms with E-state index in [1.54, 1.807) is 6.07 Å². The van der Waals surface area contributed by atoms with Crippen molar-refractivity contribution in [1.29, 1.82) is 0 Å². The number of rotatable bonds is 4. The number of hydrogen-bond acceptors (Lipinski definition) is 4. The fraction of sp³-hybridized carbons (Fsp3) is 0.250. The van der Waals surface area contributed by atoms with E-state index in [4.69, 9.17) is 4.74 Å². The Morgan fingerprint density at radius 2 is 2.00 bits per heavy atom. The molecular formula is C20H17FN2O4. The minimum absolute atomic E-state index is 0.131. The zero-order chi connectivity index (χ0) is 19.0. The summed E-state index contributed by atoms with van der Waals surface area (Å²) in [5.41, 5.74) is 1.18. The predicted molar refractivity (Wildman–Crippen MR) is 92.9 cm³/mol. The van der Waals surface area contributed by atoms with Crippen LogP contribution in [0.5, 0.6) is 0 Å². The van der Waals surface area contributed by atoms with Crippen LogP contribution < -0.4 is 5.32 Å². The van der Waals surface area contributed by atoms with E-state index in [9.17, 15) is 18.8 Å². The summed E-state index contributed by atoms with van der Waals surface area (Å²) in [6.07, 6.45) is 1.14. The molecule has 1 aliphatic carbocycles. The van der Waals surface area contributed by atoms with Crippen LogP contribution >= 0.6 is 0 Å². The van der Waals surface area contributed by atoms with Gasteiger partial charge in [-0.3, -0.25) is 14.5 Å². The Morgan fingerprint density at radius 1 is 1.19 bits per heavy atom. The number of halogens is 1. The second-order valence-corrected chi connectivity index (χ2v) is 6.67. The molecule has 27 heavy (non-hydrogen) atoms. The lowest BCUT2D eigenvalue weighted by Gasteiger charge is -2.22. The third-order valence-electron chi connectivity index (χ3n) is 5.00. The standard InChI is InChI=1S/C20H17FN2O4/c21-15-6-3-4-13(10-15)12-27-17(24)11-23-18(25)20(22-19(23)26)9-8-14-5-1-2-7-16(14)20/h1-7,10H,8-9,11-12H2,(H,22,26). The number of carbonyl (C=O) groups is 3. The van der Waals surface area contributed by atoms with Crippen molar-refractivity contribution in [3.63, 3.8) is 0 Å². The number of amides is 3. The molecule has 1 heterocycles. The summed E-state index contributed by atoms with van der Waals surface area (Å²) in [6, 6.07) is 12.5. The van der Waals surface area contributed by atoms with Crippen LogP contribution in [-0.2, 0) is 32.9 Å². The zero-order valence-corrected chi connectivity index (χ0v) is 14.4. The van der Waals surface area contributed by atoms with E-state index in [0.29, 0.717) is 18.4 Å². The first-order valence-corrected chi connectivity index (χ1v) is 8.62. The topological polar surface area (TPSA) is 75.7 Å². The molecule has 2 aromatic carbocycles. The number of aryl methyl sites for hydroxylation is 1. The van der Waals surface area contributed by atoms with Crippen LogP contribution in [0.4, 0.5) is 9.18 Å². The molecule has 1 N–H and O–H groups in total. The molecule has 4 rings (SSSR count). The van der Waals surface area contributed by atoms with Crippen molar-refractivity contribution in [3.8, 4) is 0 Å². The quantitative estimate of drug-likeness (QED) is 0.664. The van der Waals surface area contributed by atoms with E-state index in [1.807, 2.05) is 24.3 Å². The van der Waals surface area contributed by atoms with Crippen molar-refractivity contribution in [2.24, 2.45) is 0 Å². The summed E-state index contributed by atoms with van der Waals surface area (Å²) in [5, 5.41) is 2.75. The van der Waals surface area contributed by atoms with Crippen LogP contribution in [0.2, 0.25) is 0 Å². The molecule has 138 valence electrons. The van der Waals surface area contributed by atoms with Crippen LogP contribution in [0, 0.1) is 5.82 Å². The second-order valence-electron chi connectivity index (χ2n) is 6.67. The summed E-state index contributed by atoms with van der Waals surface area (Å²) < 4.78 is 18.2. The zero-order valence-electron chi connectivity index (χ0n) is 14.4. The molecule has 1 spiro atoms. The molecule has 0 aromatic heterocycles. The first kappa shape index (κ1) is 17.2. The lowest BCUT2D eigenvalue weighted by Crippen LogP contribution is -2.42. The molecule has 1 aliphatic heterocycles. The first-order chi connectivity index (χ1) is 13.0. The van der Waals surface area contributed by atoms with Gasteiger partial charge in [0.05, 0.1) is 0 Å². The van der Waals surface area contributed by atoms with Gasteiger partial charge in [-0.25, -0.2) is 9.18 Å². The Kier molecular flexibility index (Phi) is 4.14. The molecule has 3 amide bonds. The molecule has 7 heteroatoms. The van der Waals surface area contributed by atoms with Crippen molar-refractivity contribution in [2.75, 3.05) is 6.54 Å². The van der Waals surface area contributed by atoms with Crippen LogP contribution in [0.25, 0.3) is 0 Å². The number of benzene rings is 2. The van der Waals surface area contributed by atoms with Gasteiger partial charge in [-0.1, -0.05) is 36.4 Å². The summed E-state index contributed by atoms with van der Waals surface area (Å²) in [7, 11) is 0. The molecule has 1 atom stereocenters. The van der Waals surface area contributed by atoms with Crippen molar-refractivity contribution in [1.82, 2.24) is 10.2 Å². The van der Waals surface area contributed by atoms with E-state index in [0.717, 1.165) is 16.0 Å². The van der Waals surface area contributed by atoms with Crippen LogP contribution in [0.15, 0.2) is 48.5 Å². The molecule has 0 saturated carbocycles. The van der Waals surface area contributed by atoms with Gasteiger partial charge in [-0.15, -0.1) is 0 Å². The highest BCUT2D eigenvalue weighted by Crippen LogP contribution is 2.41. The lowest BCUT2D eigenvalue weighted by molar-refractivity contribution is -0.149. The highest BCUT2D eigenvalue weighted by Gasteiger charge is 2.55. The average Bonchev–Trinajstić information content (AvgIpc) is 3.14. The number of imide groups is 1. The third-order valence-corrected chi connectivity index (χ3v) is 5.00. The minimum Gasteiger partial charge on any atom is -0.459 e. The largest absolute Gasteiger partial charge is 0.459 e. The summed E-state index contributed by atoms with van der Waals surface area (Å²) in [5.74, 6) is -1.61. The van der Waals surface area contributed by atoms with Gasteiger partial charge < -0.3 is 10.1 Å². The van der Waals surface area contributed by atoms with E-state index in [1.165, 1.54) is 18.2 Å². The number of urea groups is 1. The molecule has 0 radical (unpaired) electrons. The van der Waals surface area contributed by atoms with Gasteiger partial charge in [0, 0.05) is 0 Å². The predicted octanol–water partition coefficient (Wildman–Crippen LogP) is 2.26. The number of nitrogens with one attached hydrogen (secondary N) is 1. The van der Waals surface area contributed by atoms with E-state index < -0.39 is 35.8 Å². The number of esters is 1. The first-order valence-electron chi connectivity index (χ1n) is 8.62. The molecular weight excluding hydrogens is 351 g/mol. The monoisotopic (exact) mass is 368 g/mol. The van der Waals surface area contributed by atoms with Crippen molar-refractivity contribution in [3.05, 3.63) is 71.0 Å². The smallest absolute Gasteiger partial charge is 0.326 e. The normalized spacial score (nSPS) is 20.7. The molecule has 2 aliphatic rings. The highest BCUT2D eigenvalue weighted by molar-refractivity contribution is 6.09. The van der Waals surface area contributed by atoms with Gasteiger partial charge in [0.15, 0.2) is 0 Å². The Hall–Kier alpha value is -3.22. The third kappa shape index (κ3) is 2.95. The lowest BCUT2D eigenvalue weighted by atomic mass is 9.92. The van der Waals surface area contributed by atoms with Gasteiger partial charge in [-0.05, 0) is 41.7 Å². The highest BCUT2D eigenvalue weighted by atomic mass is 19.1. The maximum atomic E-state index is 13.2. The Morgan fingerprint density at radius 3 is 2.81 bits per heavy atom. The number of ether oxygens (including phenoxy) is 1. The molecule has 2 aromatic rings. The molecule has 1 fully saturated rings. The van der Waals surface area contributed by atoms with Crippen LogP contribution in [0.1, 0.15) is 23.1 Å². The Balaban J connectivity index is 1.45. The maximum absolute atomic E-state index is 13.2. The number of fused-ring (bicyclic) bond motifs is 2. The van der Waals surface area contributed by atoms with Gasteiger partial charge >= 0.3 is 12.0 Å². The molecule has 6 nitrogen and oxygen atoms in total. The fourth-order valence-electron chi connectivity index (χ4n) is 3.70. The van der Waals surface area contributed by atoms with E-state index >= 15 is 0 Å². The summed E-state index contributed by atoms with van der Waals surface area (Å²) in [6.45, 7) is -0.613. The van der Waals surface area contributed by atoms with Crippen molar-refractivity contribution < 1.29 is 23.5 Å². The summed E-state index contributed by atoms with van der Waals surface area (Å²) in [4.78, 5) is 38.3. The van der Waals surface area contributed by atoms with Crippen LogP contribution in [-0.4, -0.2) is 29.4 Å².